The van der Waals surface area contributed by atoms with Crippen molar-refractivity contribution in [2.45, 2.75) is 25.6 Å². The predicted molar refractivity (Wildman–Crippen MR) is 90.5 cm³/mol. The number of rotatable bonds is 2. The van der Waals surface area contributed by atoms with E-state index >= 15 is 0 Å². The van der Waals surface area contributed by atoms with Gasteiger partial charge in [-0.2, -0.15) is 0 Å². The number of amides is 1. The van der Waals surface area contributed by atoms with Crippen molar-refractivity contribution in [3.05, 3.63) is 35.2 Å². The molecule has 21 heavy (non-hydrogen) atoms. The molecule has 0 bridgehead atoms. The summed E-state index contributed by atoms with van der Waals surface area (Å²) in [6.45, 7) is 5.34. The molecule has 2 aromatic rings. The lowest BCUT2D eigenvalue weighted by molar-refractivity contribution is -0.116. The molecule has 0 saturated carbocycles. The zero-order valence-electron chi connectivity index (χ0n) is 12.1. The smallest absolute Gasteiger partial charge is 0.264 e. The van der Waals surface area contributed by atoms with Crippen LogP contribution in [0.1, 0.15) is 23.5 Å². The standard InChI is InChI=1S/C16H18BrNO2S/c1-16(2)10-18(9-12(8-17)20-16)15(19)14-7-11-5-3-4-6-13(11)21-14/h3-7,12H,8-10H2,1-2H3. The first-order valence-electron chi connectivity index (χ1n) is 7.00. The van der Waals surface area contributed by atoms with Crippen molar-refractivity contribution in [2.75, 3.05) is 18.4 Å². The minimum atomic E-state index is -0.303. The zero-order chi connectivity index (χ0) is 15.0. The van der Waals surface area contributed by atoms with Crippen molar-refractivity contribution in [3.63, 3.8) is 0 Å². The van der Waals surface area contributed by atoms with Gasteiger partial charge in [0, 0.05) is 23.1 Å². The molecule has 1 aromatic carbocycles. The monoisotopic (exact) mass is 367 g/mol. The SMILES string of the molecule is CC1(C)CN(C(=O)c2cc3ccccc3s2)CC(CBr)O1. The summed E-state index contributed by atoms with van der Waals surface area (Å²) in [6.07, 6.45) is 0.0482. The van der Waals surface area contributed by atoms with Gasteiger partial charge in [0.15, 0.2) is 0 Å². The first-order chi connectivity index (χ1) is 9.98. The number of nitrogens with zero attached hydrogens (tertiary/aromatic N) is 1. The summed E-state index contributed by atoms with van der Waals surface area (Å²) in [6, 6.07) is 10.1. The van der Waals surface area contributed by atoms with Crippen molar-refractivity contribution in [3.8, 4) is 0 Å². The van der Waals surface area contributed by atoms with Crippen LogP contribution in [0.25, 0.3) is 10.1 Å². The van der Waals surface area contributed by atoms with E-state index in [1.807, 2.05) is 43.0 Å². The van der Waals surface area contributed by atoms with Crippen LogP contribution in [0.2, 0.25) is 0 Å². The number of hydrogen-bond acceptors (Lipinski definition) is 3. The van der Waals surface area contributed by atoms with Gasteiger partial charge in [0.1, 0.15) is 0 Å². The van der Waals surface area contributed by atoms with Crippen molar-refractivity contribution >= 4 is 43.3 Å². The number of alkyl halides is 1. The molecule has 0 spiro atoms. The van der Waals surface area contributed by atoms with Gasteiger partial charge in [0.05, 0.1) is 16.6 Å². The second-order valence-electron chi connectivity index (χ2n) is 5.99. The van der Waals surface area contributed by atoms with Crippen LogP contribution in [0, 0.1) is 0 Å². The number of morpholine rings is 1. The molecule has 1 fully saturated rings. The molecule has 3 rings (SSSR count). The summed E-state index contributed by atoms with van der Waals surface area (Å²) in [5.74, 6) is 0.110. The minimum Gasteiger partial charge on any atom is -0.368 e. The largest absolute Gasteiger partial charge is 0.368 e. The van der Waals surface area contributed by atoms with E-state index in [-0.39, 0.29) is 17.6 Å². The average molecular weight is 368 g/mol. The number of thiophene rings is 1. The van der Waals surface area contributed by atoms with E-state index in [1.165, 1.54) is 0 Å². The maximum absolute atomic E-state index is 12.8. The van der Waals surface area contributed by atoms with Gasteiger partial charge in [-0.25, -0.2) is 0 Å². The first-order valence-corrected chi connectivity index (χ1v) is 8.94. The normalized spacial score (nSPS) is 21.7. The first kappa shape index (κ1) is 15.0. The summed E-state index contributed by atoms with van der Waals surface area (Å²) in [4.78, 5) is 15.5. The van der Waals surface area contributed by atoms with E-state index in [2.05, 4.69) is 22.0 Å². The lowest BCUT2D eigenvalue weighted by atomic mass is 10.1. The van der Waals surface area contributed by atoms with E-state index in [1.54, 1.807) is 11.3 Å². The van der Waals surface area contributed by atoms with Crippen LogP contribution in [0.4, 0.5) is 0 Å². The molecular weight excluding hydrogens is 350 g/mol. The van der Waals surface area contributed by atoms with Crippen molar-refractivity contribution < 1.29 is 9.53 Å². The Morgan fingerprint density at radius 1 is 1.48 bits per heavy atom. The molecule has 5 heteroatoms. The molecule has 1 aliphatic heterocycles. The Labute approximate surface area is 137 Å². The number of fused-ring (bicyclic) bond motifs is 1. The summed E-state index contributed by atoms with van der Waals surface area (Å²) in [5.41, 5.74) is -0.303. The van der Waals surface area contributed by atoms with E-state index in [0.29, 0.717) is 13.1 Å². The summed E-state index contributed by atoms with van der Waals surface area (Å²) >= 11 is 5.03. The van der Waals surface area contributed by atoms with E-state index < -0.39 is 0 Å². The Morgan fingerprint density at radius 3 is 2.95 bits per heavy atom. The average Bonchev–Trinajstić information content (AvgIpc) is 2.88. The molecule has 1 aliphatic rings. The number of hydrogen-bond donors (Lipinski definition) is 0. The van der Waals surface area contributed by atoms with Crippen molar-refractivity contribution in [1.82, 2.24) is 4.90 Å². The van der Waals surface area contributed by atoms with Crippen LogP contribution >= 0.6 is 27.3 Å². The van der Waals surface area contributed by atoms with Gasteiger partial charge in [0.25, 0.3) is 5.91 Å². The maximum Gasteiger partial charge on any atom is 0.264 e. The summed E-state index contributed by atoms with van der Waals surface area (Å²) < 4.78 is 7.12. The summed E-state index contributed by atoms with van der Waals surface area (Å²) in [7, 11) is 0. The number of benzene rings is 1. The Kier molecular flexibility index (Phi) is 4.08. The molecule has 2 heterocycles. The van der Waals surface area contributed by atoms with E-state index in [4.69, 9.17) is 4.74 Å². The molecule has 0 radical (unpaired) electrons. The molecule has 0 aliphatic carbocycles. The molecule has 3 nitrogen and oxygen atoms in total. The van der Waals surface area contributed by atoms with Crippen molar-refractivity contribution in [2.24, 2.45) is 0 Å². The van der Waals surface area contributed by atoms with Crippen LogP contribution in [-0.4, -0.2) is 40.9 Å². The summed E-state index contributed by atoms with van der Waals surface area (Å²) in [5, 5.41) is 1.88. The quantitative estimate of drug-likeness (QED) is 0.752. The number of halogens is 1. The van der Waals surface area contributed by atoms with Crippen LogP contribution in [0.3, 0.4) is 0 Å². The Bertz CT molecular complexity index is 634. The third-order valence-corrected chi connectivity index (χ3v) is 5.40. The lowest BCUT2D eigenvalue weighted by Crippen LogP contribution is -2.55. The minimum absolute atomic E-state index is 0.0482. The second kappa shape index (κ2) is 5.71. The second-order valence-corrected chi connectivity index (χ2v) is 7.72. The molecule has 1 unspecified atom stereocenters. The van der Waals surface area contributed by atoms with Gasteiger partial charge in [-0.15, -0.1) is 11.3 Å². The zero-order valence-corrected chi connectivity index (χ0v) is 14.5. The molecule has 1 atom stereocenters. The van der Waals surface area contributed by atoms with Crippen LogP contribution in [-0.2, 0) is 4.74 Å². The fraction of sp³-hybridized carbons (Fsp3) is 0.438. The molecule has 1 saturated heterocycles. The molecule has 112 valence electrons. The Hall–Kier alpha value is -0.910. The molecular formula is C16H18BrNO2S. The molecule has 1 aromatic heterocycles. The third kappa shape index (κ3) is 3.15. The highest BCUT2D eigenvalue weighted by molar-refractivity contribution is 9.09. The van der Waals surface area contributed by atoms with Crippen LogP contribution in [0.5, 0.6) is 0 Å². The van der Waals surface area contributed by atoms with Gasteiger partial charge in [0.2, 0.25) is 0 Å². The van der Waals surface area contributed by atoms with Crippen molar-refractivity contribution in [1.29, 1.82) is 0 Å². The highest BCUT2D eigenvalue weighted by Crippen LogP contribution is 2.29. The number of carbonyl (C=O) groups excluding carboxylic acids is 1. The topological polar surface area (TPSA) is 29.5 Å². The Morgan fingerprint density at radius 2 is 2.24 bits per heavy atom. The van der Waals surface area contributed by atoms with Gasteiger partial charge in [-0.05, 0) is 31.4 Å². The lowest BCUT2D eigenvalue weighted by Gasteiger charge is -2.42. The maximum atomic E-state index is 12.8. The number of carbonyl (C=O) groups is 1. The third-order valence-electron chi connectivity index (χ3n) is 3.58. The van der Waals surface area contributed by atoms with Crippen LogP contribution < -0.4 is 0 Å². The van der Waals surface area contributed by atoms with E-state index in [9.17, 15) is 4.79 Å². The predicted octanol–water partition coefficient (Wildman–Crippen LogP) is 3.92. The van der Waals surface area contributed by atoms with E-state index in [0.717, 1.165) is 20.3 Å². The number of ether oxygens (including phenoxy) is 1. The van der Waals surface area contributed by atoms with Gasteiger partial charge in [-0.3, -0.25) is 4.79 Å². The molecule has 1 amide bonds. The van der Waals surface area contributed by atoms with Gasteiger partial charge in [-0.1, -0.05) is 34.1 Å². The van der Waals surface area contributed by atoms with Gasteiger partial charge < -0.3 is 9.64 Å². The highest BCUT2D eigenvalue weighted by atomic mass is 79.9. The fourth-order valence-electron chi connectivity index (χ4n) is 2.77. The van der Waals surface area contributed by atoms with Crippen LogP contribution in [0.15, 0.2) is 30.3 Å². The Balaban J connectivity index is 1.86. The fourth-order valence-corrected chi connectivity index (χ4v) is 4.14. The molecule has 0 N–H and O–H groups in total. The highest BCUT2D eigenvalue weighted by Gasteiger charge is 2.35. The van der Waals surface area contributed by atoms with Gasteiger partial charge >= 0.3 is 0 Å².